The topological polar surface area (TPSA) is 114 Å². The number of hydrogen-bond donors (Lipinski definition) is 2. The highest BCUT2D eigenvalue weighted by Crippen LogP contribution is 2.27. The number of carboxylic acids is 1. The largest absolute Gasteiger partial charge is 0.491 e. The van der Waals surface area contributed by atoms with E-state index in [1.807, 2.05) is 84.6 Å². The molecule has 1 fully saturated rings. The van der Waals surface area contributed by atoms with Crippen molar-refractivity contribution in [1.29, 1.82) is 0 Å². The van der Waals surface area contributed by atoms with Crippen LogP contribution in [0.1, 0.15) is 27.9 Å². The minimum atomic E-state index is -0.998. The Morgan fingerprint density at radius 3 is 2.51 bits per heavy atom. The molecule has 0 aliphatic carbocycles. The van der Waals surface area contributed by atoms with Gasteiger partial charge in [0, 0.05) is 12.1 Å². The van der Waals surface area contributed by atoms with Crippen molar-refractivity contribution in [3.8, 4) is 11.5 Å². The predicted molar refractivity (Wildman–Crippen MR) is 162 cm³/mol. The number of aryl methyl sites for hydroxylation is 1. The summed E-state index contributed by atoms with van der Waals surface area (Å²) in [6.07, 6.45) is 0.586. The molecule has 9 nitrogen and oxygen atoms in total. The maximum atomic E-state index is 13.7. The number of anilines is 2. The number of carboxylic acid groups (broad SMARTS) is 1. The molecular formula is C34H31N3O6. The van der Waals surface area contributed by atoms with Crippen LogP contribution < -0.4 is 14.8 Å². The second-order valence-corrected chi connectivity index (χ2v) is 10.6. The zero-order chi connectivity index (χ0) is 29.8. The van der Waals surface area contributed by atoms with E-state index >= 15 is 0 Å². The second kappa shape index (κ2) is 12.3. The Hall–Kier alpha value is -5.31. The first-order valence-corrected chi connectivity index (χ1v) is 14.1. The van der Waals surface area contributed by atoms with Gasteiger partial charge in [-0.2, -0.15) is 4.98 Å². The van der Waals surface area contributed by atoms with E-state index in [2.05, 4.69) is 10.3 Å². The number of oxazole rings is 1. The van der Waals surface area contributed by atoms with E-state index in [9.17, 15) is 9.59 Å². The Kier molecular flexibility index (Phi) is 7.95. The summed E-state index contributed by atoms with van der Waals surface area (Å²) >= 11 is 0. The molecule has 1 saturated heterocycles. The maximum Gasteiger partial charge on any atom is 0.335 e. The second-order valence-electron chi connectivity index (χ2n) is 10.6. The van der Waals surface area contributed by atoms with Gasteiger partial charge in [0.25, 0.3) is 6.01 Å². The number of rotatable bonds is 10. The van der Waals surface area contributed by atoms with Crippen LogP contribution in [-0.2, 0) is 11.2 Å². The van der Waals surface area contributed by atoms with Crippen molar-refractivity contribution >= 4 is 34.7 Å². The lowest BCUT2D eigenvalue weighted by Gasteiger charge is -2.24. The quantitative estimate of drug-likeness (QED) is 0.200. The number of hydrogen-bond acceptors (Lipinski definition) is 7. The number of carbonyl (C=O) groups is 2. The van der Waals surface area contributed by atoms with Gasteiger partial charge in [0.2, 0.25) is 5.91 Å². The van der Waals surface area contributed by atoms with Gasteiger partial charge in [0.1, 0.15) is 29.7 Å². The number of aromatic nitrogens is 1. The minimum Gasteiger partial charge on any atom is -0.491 e. The number of para-hydroxylation sites is 2. The normalized spacial score (nSPS) is 16.3. The molecule has 9 heteroatoms. The average molecular weight is 578 g/mol. The Bertz CT molecular complexity index is 1730. The molecule has 2 unspecified atom stereocenters. The number of amides is 1. The molecule has 43 heavy (non-hydrogen) atoms. The Balaban J connectivity index is 1.15. The van der Waals surface area contributed by atoms with Gasteiger partial charge in [0.15, 0.2) is 5.58 Å². The summed E-state index contributed by atoms with van der Waals surface area (Å²) in [6, 6.07) is 29.5. The SMILES string of the molecule is Cc1ccccc1Nc1nc2ccc(CC(=O)N3CC(Oc4ccccc4)CC3COc3ccc(C(=O)O)cc3)cc2o1. The standard InChI is InChI=1S/C34H31N3O6/c1-22-7-5-6-10-29(22)35-34-36-30-16-11-23(17-31(30)43-34)18-32(38)37-20-28(42-27-8-3-2-4-9-27)19-25(37)21-41-26-14-12-24(13-15-26)33(39)40/h2-17,25,28H,18-21H2,1H3,(H,35,36)(H,39,40). The number of benzene rings is 4. The van der Waals surface area contributed by atoms with E-state index in [4.69, 9.17) is 19.0 Å². The fraction of sp³-hybridized carbons (Fsp3) is 0.206. The molecule has 218 valence electrons. The molecule has 5 aromatic rings. The van der Waals surface area contributed by atoms with Gasteiger partial charge in [-0.3, -0.25) is 4.79 Å². The van der Waals surface area contributed by atoms with Gasteiger partial charge in [0.05, 0.1) is 24.6 Å². The lowest BCUT2D eigenvalue weighted by Crippen LogP contribution is -2.40. The van der Waals surface area contributed by atoms with Crippen LogP contribution in [0.3, 0.4) is 0 Å². The smallest absolute Gasteiger partial charge is 0.335 e. The van der Waals surface area contributed by atoms with Gasteiger partial charge < -0.3 is 29.2 Å². The zero-order valence-corrected chi connectivity index (χ0v) is 23.6. The summed E-state index contributed by atoms with van der Waals surface area (Å²) in [5, 5.41) is 12.4. The fourth-order valence-electron chi connectivity index (χ4n) is 5.24. The van der Waals surface area contributed by atoms with Crippen LogP contribution >= 0.6 is 0 Å². The Morgan fingerprint density at radius 2 is 1.74 bits per heavy atom. The van der Waals surface area contributed by atoms with Gasteiger partial charge in [-0.1, -0.05) is 42.5 Å². The van der Waals surface area contributed by atoms with Crippen molar-refractivity contribution in [2.75, 3.05) is 18.5 Å². The molecule has 1 aliphatic rings. The average Bonchev–Trinajstić information content (AvgIpc) is 3.61. The van der Waals surface area contributed by atoms with Crippen molar-refractivity contribution in [2.24, 2.45) is 0 Å². The molecule has 2 atom stereocenters. The lowest BCUT2D eigenvalue weighted by atomic mass is 10.1. The number of fused-ring (bicyclic) bond motifs is 1. The Labute approximate surface area is 248 Å². The highest BCUT2D eigenvalue weighted by molar-refractivity contribution is 5.87. The summed E-state index contributed by atoms with van der Waals surface area (Å²) in [5.41, 5.74) is 4.28. The molecule has 1 aromatic heterocycles. The number of aromatic carboxylic acids is 1. The maximum absolute atomic E-state index is 13.7. The van der Waals surface area contributed by atoms with Crippen molar-refractivity contribution in [3.05, 3.63) is 114 Å². The molecule has 4 aromatic carbocycles. The summed E-state index contributed by atoms with van der Waals surface area (Å²) in [4.78, 5) is 31.2. The van der Waals surface area contributed by atoms with Gasteiger partial charge >= 0.3 is 5.97 Å². The number of ether oxygens (including phenoxy) is 2. The summed E-state index contributed by atoms with van der Waals surface area (Å²) < 4.78 is 18.2. The van der Waals surface area contributed by atoms with Crippen LogP contribution in [-0.4, -0.2) is 52.2 Å². The van der Waals surface area contributed by atoms with Crippen molar-refractivity contribution in [3.63, 3.8) is 0 Å². The molecule has 0 spiro atoms. The van der Waals surface area contributed by atoms with E-state index < -0.39 is 5.97 Å². The van der Waals surface area contributed by atoms with Gasteiger partial charge in [-0.15, -0.1) is 0 Å². The monoisotopic (exact) mass is 577 g/mol. The van der Waals surface area contributed by atoms with Crippen LogP contribution in [0.15, 0.2) is 101 Å². The summed E-state index contributed by atoms with van der Waals surface area (Å²) in [5.74, 6) is 0.237. The van der Waals surface area contributed by atoms with E-state index in [0.717, 1.165) is 22.6 Å². The van der Waals surface area contributed by atoms with Crippen molar-refractivity contribution in [1.82, 2.24) is 9.88 Å². The molecule has 6 rings (SSSR count). The molecular weight excluding hydrogens is 546 g/mol. The summed E-state index contributed by atoms with van der Waals surface area (Å²) in [7, 11) is 0. The molecule has 0 radical (unpaired) electrons. The van der Waals surface area contributed by atoms with Crippen LogP contribution in [0.4, 0.5) is 11.7 Å². The van der Waals surface area contributed by atoms with Crippen molar-refractivity contribution < 1.29 is 28.6 Å². The third-order valence-corrected chi connectivity index (χ3v) is 7.48. The molecule has 2 heterocycles. The molecule has 2 N–H and O–H groups in total. The van der Waals surface area contributed by atoms with E-state index in [-0.39, 0.29) is 36.6 Å². The third-order valence-electron chi connectivity index (χ3n) is 7.48. The number of nitrogens with one attached hydrogen (secondary N) is 1. The molecule has 1 amide bonds. The highest BCUT2D eigenvalue weighted by Gasteiger charge is 2.37. The van der Waals surface area contributed by atoms with Crippen LogP contribution in [0.25, 0.3) is 11.1 Å². The van der Waals surface area contributed by atoms with Gasteiger partial charge in [-0.05, 0) is 72.6 Å². The first kappa shape index (κ1) is 27.8. The van der Waals surface area contributed by atoms with Crippen LogP contribution in [0, 0.1) is 6.92 Å². The lowest BCUT2D eigenvalue weighted by molar-refractivity contribution is -0.132. The van der Waals surface area contributed by atoms with E-state index in [1.165, 1.54) is 12.1 Å². The number of likely N-dealkylation sites (tertiary alicyclic amines) is 1. The molecule has 0 bridgehead atoms. The van der Waals surface area contributed by atoms with Gasteiger partial charge in [-0.25, -0.2) is 4.79 Å². The first-order chi connectivity index (χ1) is 20.9. The summed E-state index contributed by atoms with van der Waals surface area (Å²) in [6.45, 7) is 2.69. The zero-order valence-electron chi connectivity index (χ0n) is 23.6. The van der Waals surface area contributed by atoms with E-state index in [1.54, 1.807) is 12.1 Å². The van der Waals surface area contributed by atoms with Crippen LogP contribution in [0.2, 0.25) is 0 Å². The Morgan fingerprint density at radius 1 is 0.977 bits per heavy atom. The van der Waals surface area contributed by atoms with Crippen LogP contribution in [0.5, 0.6) is 11.5 Å². The minimum absolute atomic E-state index is 0.0499. The fourth-order valence-corrected chi connectivity index (χ4v) is 5.24. The first-order valence-electron chi connectivity index (χ1n) is 14.1. The number of carbonyl (C=O) groups excluding carboxylic acids is 1. The van der Waals surface area contributed by atoms with E-state index in [0.29, 0.717) is 35.8 Å². The molecule has 0 saturated carbocycles. The molecule has 1 aliphatic heterocycles. The highest BCUT2D eigenvalue weighted by atomic mass is 16.5. The predicted octanol–water partition coefficient (Wildman–Crippen LogP) is 6.25. The number of nitrogens with zero attached hydrogens (tertiary/aromatic N) is 2. The third kappa shape index (κ3) is 6.62. The van der Waals surface area contributed by atoms with Crippen molar-refractivity contribution in [2.45, 2.75) is 31.9 Å².